The molecule has 0 radical (unpaired) electrons. The Morgan fingerprint density at radius 3 is 2.29 bits per heavy atom. The summed E-state index contributed by atoms with van der Waals surface area (Å²) >= 11 is 0. The van der Waals surface area contributed by atoms with Gasteiger partial charge in [-0.1, -0.05) is 27.7 Å². The fourth-order valence-corrected chi connectivity index (χ4v) is 1.64. The average Bonchev–Trinajstić information content (AvgIpc) is 2.02. The van der Waals surface area contributed by atoms with Crippen molar-refractivity contribution < 1.29 is 0 Å². The largest absolute Gasteiger partial charge is 0.330 e. The molecule has 0 aromatic heterocycles. The first-order valence-corrected chi connectivity index (χ1v) is 5.76. The van der Waals surface area contributed by atoms with Crippen LogP contribution in [0.25, 0.3) is 0 Å². The first-order valence-electron chi connectivity index (χ1n) is 5.76. The molecule has 0 aliphatic rings. The van der Waals surface area contributed by atoms with Gasteiger partial charge in [-0.3, -0.25) is 0 Å². The Morgan fingerprint density at radius 1 is 1.29 bits per heavy atom. The molecule has 0 spiro atoms. The highest BCUT2D eigenvalue weighted by Gasteiger charge is 2.14. The summed E-state index contributed by atoms with van der Waals surface area (Å²) in [4.78, 5) is 2.41. The molecule has 0 aliphatic carbocycles. The van der Waals surface area contributed by atoms with Crippen LogP contribution in [0.1, 0.15) is 40.5 Å². The van der Waals surface area contributed by atoms with Gasteiger partial charge in [-0.15, -0.1) is 0 Å². The van der Waals surface area contributed by atoms with Gasteiger partial charge >= 0.3 is 0 Å². The zero-order valence-corrected chi connectivity index (χ0v) is 10.6. The van der Waals surface area contributed by atoms with Crippen molar-refractivity contribution >= 4 is 0 Å². The van der Waals surface area contributed by atoms with Crippen LogP contribution >= 0.6 is 0 Å². The molecule has 2 heteroatoms. The molecule has 2 N–H and O–H groups in total. The van der Waals surface area contributed by atoms with E-state index in [0.29, 0.717) is 5.41 Å². The lowest BCUT2D eigenvalue weighted by molar-refractivity contribution is 0.259. The normalized spacial score (nSPS) is 12.9. The van der Waals surface area contributed by atoms with Crippen LogP contribution in [0.2, 0.25) is 0 Å². The van der Waals surface area contributed by atoms with Gasteiger partial charge in [0.1, 0.15) is 0 Å². The summed E-state index contributed by atoms with van der Waals surface area (Å²) in [6.45, 7) is 12.2. The van der Waals surface area contributed by atoms with Crippen molar-refractivity contribution in [2.75, 3.05) is 26.7 Å². The van der Waals surface area contributed by atoms with E-state index in [4.69, 9.17) is 5.73 Å². The van der Waals surface area contributed by atoms with Gasteiger partial charge in [-0.2, -0.15) is 0 Å². The summed E-state index contributed by atoms with van der Waals surface area (Å²) < 4.78 is 0. The summed E-state index contributed by atoms with van der Waals surface area (Å²) in [6, 6.07) is 0. The van der Waals surface area contributed by atoms with Gasteiger partial charge in [0, 0.05) is 6.54 Å². The van der Waals surface area contributed by atoms with E-state index in [1.807, 2.05) is 0 Å². The van der Waals surface area contributed by atoms with Crippen molar-refractivity contribution in [2.24, 2.45) is 17.1 Å². The average molecular weight is 200 g/mol. The van der Waals surface area contributed by atoms with Crippen molar-refractivity contribution in [1.29, 1.82) is 0 Å². The number of hydrogen-bond acceptors (Lipinski definition) is 2. The molecule has 0 aliphatic heterocycles. The minimum Gasteiger partial charge on any atom is -0.330 e. The standard InChI is InChI=1S/C12H28N2/c1-11(2)9-14(5)8-6-7-12(3,4)10-13/h11H,6-10,13H2,1-5H3. The van der Waals surface area contributed by atoms with E-state index in [1.165, 1.54) is 25.9 Å². The highest BCUT2D eigenvalue weighted by molar-refractivity contribution is 4.69. The molecule has 0 bridgehead atoms. The molecule has 0 unspecified atom stereocenters. The SMILES string of the molecule is CC(C)CN(C)CCCC(C)(C)CN. The quantitative estimate of drug-likeness (QED) is 0.683. The Morgan fingerprint density at radius 2 is 1.86 bits per heavy atom. The molecule has 0 rings (SSSR count). The molecule has 0 saturated heterocycles. The molecule has 0 atom stereocenters. The molecule has 0 heterocycles. The van der Waals surface area contributed by atoms with Gasteiger partial charge in [0.15, 0.2) is 0 Å². The smallest absolute Gasteiger partial charge is 0.000133 e. The van der Waals surface area contributed by atoms with E-state index >= 15 is 0 Å². The molecular formula is C12H28N2. The molecule has 86 valence electrons. The van der Waals surface area contributed by atoms with Gasteiger partial charge in [0.2, 0.25) is 0 Å². The van der Waals surface area contributed by atoms with Gasteiger partial charge in [-0.05, 0) is 44.3 Å². The molecule has 0 saturated carbocycles. The summed E-state index contributed by atoms with van der Waals surface area (Å²) in [5.41, 5.74) is 6.01. The van der Waals surface area contributed by atoms with E-state index < -0.39 is 0 Å². The lowest BCUT2D eigenvalue weighted by atomic mass is 9.88. The highest BCUT2D eigenvalue weighted by Crippen LogP contribution is 2.20. The zero-order chi connectivity index (χ0) is 11.2. The van der Waals surface area contributed by atoms with Crippen molar-refractivity contribution in [2.45, 2.75) is 40.5 Å². The predicted octanol–water partition coefficient (Wildman–Crippen LogP) is 2.34. The lowest BCUT2D eigenvalue weighted by Gasteiger charge is -2.24. The maximum absolute atomic E-state index is 5.69. The third kappa shape index (κ3) is 7.34. The predicted molar refractivity (Wildman–Crippen MR) is 64.4 cm³/mol. The Balaban J connectivity index is 3.53. The van der Waals surface area contributed by atoms with Crippen molar-refractivity contribution in [3.63, 3.8) is 0 Å². The maximum atomic E-state index is 5.69. The second kappa shape index (κ2) is 6.41. The number of nitrogens with zero attached hydrogens (tertiary/aromatic N) is 1. The second-order valence-corrected chi connectivity index (χ2v) is 5.63. The van der Waals surface area contributed by atoms with E-state index in [1.54, 1.807) is 0 Å². The van der Waals surface area contributed by atoms with E-state index in [0.717, 1.165) is 12.5 Å². The van der Waals surface area contributed by atoms with Crippen molar-refractivity contribution in [3.8, 4) is 0 Å². The summed E-state index contributed by atoms with van der Waals surface area (Å²) in [7, 11) is 2.20. The van der Waals surface area contributed by atoms with Crippen LogP contribution in [0.3, 0.4) is 0 Å². The Kier molecular flexibility index (Phi) is 6.38. The van der Waals surface area contributed by atoms with Crippen LogP contribution in [0.5, 0.6) is 0 Å². The monoisotopic (exact) mass is 200 g/mol. The third-order valence-corrected chi connectivity index (χ3v) is 2.62. The lowest BCUT2D eigenvalue weighted by Crippen LogP contribution is -2.28. The van der Waals surface area contributed by atoms with Gasteiger partial charge in [0.05, 0.1) is 0 Å². The van der Waals surface area contributed by atoms with Crippen LogP contribution in [0.15, 0.2) is 0 Å². The zero-order valence-electron chi connectivity index (χ0n) is 10.6. The number of hydrogen-bond donors (Lipinski definition) is 1. The van der Waals surface area contributed by atoms with Gasteiger partial charge in [-0.25, -0.2) is 0 Å². The Bertz CT molecular complexity index is 141. The summed E-state index contributed by atoms with van der Waals surface area (Å²) in [6.07, 6.45) is 2.49. The molecule has 0 aromatic carbocycles. The van der Waals surface area contributed by atoms with E-state index in [2.05, 4.69) is 39.6 Å². The maximum Gasteiger partial charge on any atom is 0.000133 e. The first kappa shape index (κ1) is 13.9. The Hall–Kier alpha value is -0.0800. The van der Waals surface area contributed by atoms with Crippen molar-refractivity contribution in [1.82, 2.24) is 4.90 Å². The van der Waals surface area contributed by atoms with Crippen LogP contribution in [0, 0.1) is 11.3 Å². The highest BCUT2D eigenvalue weighted by atomic mass is 15.1. The van der Waals surface area contributed by atoms with Gasteiger partial charge < -0.3 is 10.6 Å². The van der Waals surface area contributed by atoms with Gasteiger partial charge in [0.25, 0.3) is 0 Å². The second-order valence-electron chi connectivity index (χ2n) is 5.63. The Labute approximate surface area is 89.9 Å². The molecule has 0 amide bonds. The number of rotatable bonds is 7. The van der Waals surface area contributed by atoms with Crippen molar-refractivity contribution in [3.05, 3.63) is 0 Å². The van der Waals surface area contributed by atoms with E-state index in [-0.39, 0.29) is 0 Å². The summed E-state index contributed by atoms with van der Waals surface area (Å²) in [5.74, 6) is 0.766. The third-order valence-electron chi connectivity index (χ3n) is 2.62. The van der Waals surface area contributed by atoms with Crippen LogP contribution in [0.4, 0.5) is 0 Å². The van der Waals surface area contributed by atoms with Crippen LogP contribution in [-0.2, 0) is 0 Å². The summed E-state index contributed by atoms with van der Waals surface area (Å²) in [5, 5.41) is 0. The molecule has 2 nitrogen and oxygen atoms in total. The molecular weight excluding hydrogens is 172 g/mol. The van der Waals surface area contributed by atoms with E-state index in [9.17, 15) is 0 Å². The molecule has 0 aromatic rings. The molecule has 14 heavy (non-hydrogen) atoms. The first-order chi connectivity index (χ1) is 6.37. The molecule has 0 fully saturated rings. The minimum absolute atomic E-state index is 0.318. The fraction of sp³-hybridized carbons (Fsp3) is 1.00. The van der Waals surface area contributed by atoms with Crippen LogP contribution in [-0.4, -0.2) is 31.6 Å². The fourth-order valence-electron chi connectivity index (χ4n) is 1.64. The topological polar surface area (TPSA) is 29.3 Å². The number of nitrogens with two attached hydrogens (primary N) is 1. The van der Waals surface area contributed by atoms with Crippen LogP contribution < -0.4 is 5.73 Å². The minimum atomic E-state index is 0.318.